The lowest BCUT2D eigenvalue weighted by Gasteiger charge is -2.10. The lowest BCUT2D eigenvalue weighted by Crippen LogP contribution is -2.26. The molecule has 166 valence electrons. The molecular formula is C22H21ClN4O4S. The van der Waals surface area contributed by atoms with Gasteiger partial charge in [-0.15, -0.1) is 0 Å². The monoisotopic (exact) mass is 472 g/mol. The summed E-state index contributed by atoms with van der Waals surface area (Å²) in [6.07, 6.45) is -0.0454. The summed E-state index contributed by atoms with van der Waals surface area (Å²) in [5.74, 6) is -0.122. The van der Waals surface area contributed by atoms with Crippen molar-refractivity contribution in [1.29, 1.82) is 0 Å². The molecule has 3 N–H and O–H groups in total. The standard InChI is InChI=1S/C22H21ClN4O4S/c1-31-18-8-7-15(23)9-17(18)26-21(30)13-32-22-25-16(11-20(29)27-22)10-19(28)24-12-14-5-3-2-4-6-14/h2-9,11H,10,12-13H2,1H3,(H,24,28)(H,26,30)(H,25,27,29). The Morgan fingerprint density at radius 1 is 1.12 bits per heavy atom. The highest BCUT2D eigenvalue weighted by molar-refractivity contribution is 7.99. The Labute approximate surface area is 193 Å². The van der Waals surface area contributed by atoms with E-state index in [1.165, 1.54) is 13.2 Å². The SMILES string of the molecule is COc1ccc(Cl)cc1NC(=O)CSc1nc(CC(=O)NCc2ccccc2)cc(=O)[nH]1. The van der Waals surface area contributed by atoms with E-state index in [4.69, 9.17) is 16.3 Å². The first-order valence-corrected chi connectivity index (χ1v) is 11.0. The molecule has 0 saturated heterocycles. The maximum atomic E-state index is 12.3. The van der Waals surface area contributed by atoms with Crippen LogP contribution >= 0.6 is 23.4 Å². The molecule has 0 spiro atoms. The zero-order valence-corrected chi connectivity index (χ0v) is 18.8. The number of amides is 2. The number of methoxy groups -OCH3 is 1. The van der Waals surface area contributed by atoms with E-state index in [9.17, 15) is 14.4 Å². The molecule has 0 bridgehead atoms. The van der Waals surface area contributed by atoms with Crippen LogP contribution in [-0.4, -0.2) is 34.6 Å². The number of carbonyl (C=O) groups excluding carboxylic acids is 2. The molecule has 8 nitrogen and oxygen atoms in total. The van der Waals surface area contributed by atoms with Crippen LogP contribution in [0.25, 0.3) is 0 Å². The van der Waals surface area contributed by atoms with Crippen molar-refractivity contribution in [2.24, 2.45) is 0 Å². The Morgan fingerprint density at radius 2 is 1.91 bits per heavy atom. The Kier molecular flexibility index (Phi) is 8.29. The number of hydrogen-bond acceptors (Lipinski definition) is 6. The summed E-state index contributed by atoms with van der Waals surface area (Å²) in [4.78, 5) is 43.3. The first-order chi connectivity index (χ1) is 15.4. The van der Waals surface area contributed by atoms with E-state index in [1.54, 1.807) is 18.2 Å². The van der Waals surface area contributed by atoms with Gasteiger partial charge in [-0.1, -0.05) is 53.7 Å². The van der Waals surface area contributed by atoms with Gasteiger partial charge in [0.1, 0.15) is 5.75 Å². The number of carbonyl (C=O) groups is 2. The van der Waals surface area contributed by atoms with Crippen molar-refractivity contribution >= 4 is 40.9 Å². The summed E-state index contributed by atoms with van der Waals surface area (Å²) < 4.78 is 5.20. The van der Waals surface area contributed by atoms with Gasteiger partial charge in [0, 0.05) is 17.6 Å². The summed E-state index contributed by atoms with van der Waals surface area (Å²) in [5, 5.41) is 6.21. The molecule has 0 saturated carbocycles. The van der Waals surface area contributed by atoms with Crippen molar-refractivity contribution < 1.29 is 14.3 Å². The van der Waals surface area contributed by atoms with E-state index in [1.807, 2.05) is 30.3 Å². The number of anilines is 1. The van der Waals surface area contributed by atoms with Gasteiger partial charge in [-0.25, -0.2) is 4.98 Å². The van der Waals surface area contributed by atoms with Crippen LogP contribution in [0.2, 0.25) is 5.02 Å². The van der Waals surface area contributed by atoms with Gasteiger partial charge in [-0.05, 0) is 23.8 Å². The van der Waals surface area contributed by atoms with E-state index in [-0.39, 0.29) is 29.1 Å². The van der Waals surface area contributed by atoms with Gasteiger partial charge in [-0.3, -0.25) is 14.4 Å². The third-order valence-electron chi connectivity index (χ3n) is 4.22. The normalized spacial score (nSPS) is 10.4. The van der Waals surface area contributed by atoms with Crippen LogP contribution in [0.5, 0.6) is 5.75 Å². The molecular weight excluding hydrogens is 452 g/mol. The fourth-order valence-electron chi connectivity index (χ4n) is 2.76. The van der Waals surface area contributed by atoms with Crippen LogP contribution in [0, 0.1) is 0 Å². The minimum Gasteiger partial charge on any atom is -0.495 e. The third-order valence-corrected chi connectivity index (χ3v) is 5.33. The van der Waals surface area contributed by atoms with E-state index in [2.05, 4.69) is 20.6 Å². The van der Waals surface area contributed by atoms with E-state index in [0.29, 0.717) is 28.7 Å². The predicted octanol–water partition coefficient (Wildman–Crippen LogP) is 3.02. The molecule has 0 atom stereocenters. The molecule has 3 rings (SSSR count). The summed E-state index contributed by atoms with van der Waals surface area (Å²) >= 11 is 7.02. The minimum atomic E-state index is -0.398. The second kappa shape index (κ2) is 11.4. The Hall–Kier alpha value is -3.30. The Balaban J connectivity index is 1.56. The van der Waals surface area contributed by atoms with Crippen LogP contribution in [0.15, 0.2) is 64.5 Å². The lowest BCUT2D eigenvalue weighted by molar-refractivity contribution is -0.120. The first-order valence-electron chi connectivity index (χ1n) is 9.60. The summed E-state index contributed by atoms with van der Waals surface area (Å²) in [5.41, 5.74) is 1.33. The predicted molar refractivity (Wildman–Crippen MR) is 124 cm³/mol. The zero-order valence-electron chi connectivity index (χ0n) is 17.2. The number of nitrogens with zero attached hydrogens (tertiary/aromatic N) is 1. The van der Waals surface area contributed by atoms with Crippen molar-refractivity contribution in [2.75, 3.05) is 18.2 Å². The average Bonchev–Trinajstić information content (AvgIpc) is 2.77. The first kappa shape index (κ1) is 23.4. The quantitative estimate of drug-likeness (QED) is 0.326. The number of ether oxygens (including phenoxy) is 1. The van der Waals surface area contributed by atoms with Crippen molar-refractivity contribution in [3.05, 3.63) is 81.2 Å². The van der Waals surface area contributed by atoms with Crippen LogP contribution in [-0.2, 0) is 22.6 Å². The third kappa shape index (κ3) is 7.14. The maximum Gasteiger partial charge on any atom is 0.251 e. The van der Waals surface area contributed by atoms with Gasteiger partial charge in [-0.2, -0.15) is 0 Å². The van der Waals surface area contributed by atoms with Crippen LogP contribution < -0.4 is 20.9 Å². The second-order valence-electron chi connectivity index (χ2n) is 6.66. The number of H-pyrrole nitrogens is 1. The number of halogens is 1. The van der Waals surface area contributed by atoms with Crippen LogP contribution in [0.1, 0.15) is 11.3 Å². The molecule has 0 aliphatic carbocycles. The molecule has 0 aliphatic heterocycles. The molecule has 3 aromatic rings. The van der Waals surface area contributed by atoms with Gasteiger partial charge in [0.2, 0.25) is 11.8 Å². The largest absolute Gasteiger partial charge is 0.495 e. The second-order valence-corrected chi connectivity index (χ2v) is 8.06. The lowest BCUT2D eigenvalue weighted by atomic mass is 10.2. The molecule has 0 aliphatic rings. The van der Waals surface area contributed by atoms with E-state index >= 15 is 0 Å². The minimum absolute atomic E-state index is 0.0116. The van der Waals surface area contributed by atoms with Crippen molar-refractivity contribution in [1.82, 2.24) is 15.3 Å². The number of aromatic nitrogens is 2. The summed E-state index contributed by atoms with van der Waals surface area (Å²) in [7, 11) is 1.49. The van der Waals surface area contributed by atoms with Gasteiger partial charge in [0.15, 0.2) is 5.16 Å². The molecule has 0 radical (unpaired) electrons. The van der Waals surface area contributed by atoms with E-state index < -0.39 is 5.56 Å². The number of rotatable bonds is 9. The molecule has 2 aromatic carbocycles. The fourth-order valence-corrected chi connectivity index (χ4v) is 3.63. The molecule has 0 fully saturated rings. The summed E-state index contributed by atoms with van der Waals surface area (Å²) in [6.45, 7) is 0.387. The van der Waals surface area contributed by atoms with Gasteiger partial charge in [0.25, 0.3) is 5.56 Å². The zero-order chi connectivity index (χ0) is 22.9. The van der Waals surface area contributed by atoms with Crippen LogP contribution in [0.4, 0.5) is 5.69 Å². The Morgan fingerprint density at radius 3 is 2.66 bits per heavy atom. The molecule has 10 heteroatoms. The number of nitrogens with one attached hydrogen (secondary N) is 3. The fraction of sp³-hybridized carbons (Fsp3) is 0.182. The van der Waals surface area contributed by atoms with Gasteiger partial charge in [0.05, 0.1) is 30.7 Å². The smallest absolute Gasteiger partial charge is 0.251 e. The Bertz CT molecular complexity index is 1150. The molecule has 2 amide bonds. The molecule has 32 heavy (non-hydrogen) atoms. The summed E-state index contributed by atoms with van der Waals surface area (Å²) in [6, 6.07) is 15.6. The van der Waals surface area contributed by atoms with Crippen molar-refractivity contribution in [3.63, 3.8) is 0 Å². The number of thioether (sulfide) groups is 1. The molecule has 1 heterocycles. The van der Waals surface area contributed by atoms with Crippen molar-refractivity contribution in [2.45, 2.75) is 18.1 Å². The van der Waals surface area contributed by atoms with Crippen molar-refractivity contribution in [3.8, 4) is 5.75 Å². The highest BCUT2D eigenvalue weighted by atomic mass is 35.5. The highest BCUT2D eigenvalue weighted by Gasteiger charge is 2.12. The molecule has 0 unspecified atom stereocenters. The van der Waals surface area contributed by atoms with E-state index in [0.717, 1.165) is 17.3 Å². The van der Waals surface area contributed by atoms with Gasteiger partial charge >= 0.3 is 0 Å². The molecule has 1 aromatic heterocycles. The maximum absolute atomic E-state index is 12.3. The van der Waals surface area contributed by atoms with Crippen LogP contribution in [0.3, 0.4) is 0 Å². The average molecular weight is 473 g/mol. The van der Waals surface area contributed by atoms with Gasteiger partial charge < -0.3 is 20.4 Å². The number of hydrogen-bond donors (Lipinski definition) is 3. The number of benzene rings is 2. The highest BCUT2D eigenvalue weighted by Crippen LogP contribution is 2.28. The number of aromatic amines is 1. The topological polar surface area (TPSA) is 113 Å².